The standard InChI is InChI=1S/C23H23O3P/c1-2-25-22(24)26-27-18-23(19-12-6-3-7-13-19,20-14-8-4-9-15-20)21-16-10-5-11-17-21/h3-17,27H,2,18H2,1H3. The zero-order chi connectivity index (χ0) is 19.0. The molecule has 0 aliphatic carbocycles. The molecule has 3 aromatic rings. The molecule has 0 aromatic heterocycles. The second kappa shape index (κ2) is 9.34. The Morgan fingerprint density at radius 3 is 1.56 bits per heavy atom. The van der Waals surface area contributed by atoms with Crippen molar-refractivity contribution in [1.29, 1.82) is 0 Å². The van der Waals surface area contributed by atoms with E-state index in [4.69, 9.17) is 9.26 Å². The van der Waals surface area contributed by atoms with Gasteiger partial charge >= 0.3 is 6.16 Å². The highest BCUT2D eigenvalue weighted by molar-refractivity contribution is 7.33. The average molecular weight is 378 g/mol. The van der Waals surface area contributed by atoms with Crippen LogP contribution < -0.4 is 0 Å². The van der Waals surface area contributed by atoms with E-state index >= 15 is 0 Å². The van der Waals surface area contributed by atoms with E-state index in [1.54, 1.807) is 6.92 Å². The van der Waals surface area contributed by atoms with Crippen molar-refractivity contribution < 1.29 is 14.1 Å². The molecule has 0 fully saturated rings. The number of hydrogen-bond acceptors (Lipinski definition) is 3. The maximum atomic E-state index is 11.7. The van der Waals surface area contributed by atoms with Crippen molar-refractivity contribution in [3.8, 4) is 0 Å². The summed E-state index contributed by atoms with van der Waals surface area (Å²) in [6, 6.07) is 31.1. The SMILES string of the molecule is CCOC(=O)OPCC(c1ccccc1)(c1ccccc1)c1ccccc1. The third-order valence-corrected chi connectivity index (χ3v) is 5.54. The fraction of sp³-hybridized carbons (Fsp3) is 0.174. The highest BCUT2D eigenvalue weighted by atomic mass is 31.1. The van der Waals surface area contributed by atoms with Crippen LogP contribution in [0, 0.1) is 0 Å². The Balaban J connectivity index is 2.07. The minimum absolute atomic E-state index is 0.0242. The number of carbonyl (C=O) groups is 1. The van der Waals surface area contributed by atoms with Crippen LogP contribution in [-0.4, -0.2) is 18.9 Å². The molecule has 0 spiro atoms. The fourth-order valence-electron chi connectivity index (χ4n) is 3.32. The molecule has 0 aliphatic heterocycles. The summed E-state index contributed by atoms with van der Waals surface area (Å²) in [6.07, 6.45) is 0.0306. The van der Waals surface area contributed by atoms with E-state index in [2.05, 4.69) is 36.4 Å². The van der Waals surface area contributed by atoms with Crippen LogP contribution in [0.2, 0.25) is 0 Å². The summed E-state index contributed by atoms with van der Waals surface area (Å²) < 4.78 is 10.3. The van der Waals surface area contributed by atoms with Crippen molar-refractivity contribution >= 4 is 15.0 Å². The van der Waals surface area contributed by atoms with Gasteiger partial charge in [0.25, 0.3) is 0 Å². The van der Waals surface area contributed by atoms with Gasteiger partial charge in [-0.05, 0) is 23.6 Å². The molecule has 0 heterocycles. The van der Waals surface area contributed by atoms with Gasteiger partial charge in [-0.3, -0.25) is 0 Å². The summed E-state index contributed by atoms with van der Waals surface area (Å²) in [5, 5.41) is 0. The predicted octanol–water partition coefficient (Wildman–Crippen LogP) is 5.79. The summed E-state index contributed by atoms with van der Waals surface area (Å²) in [6.45, 7) is 2.08. The Labute approximate surface area is 162 Å². The average Bonchev–Trinajstić information content (AvgIpc) is 2.73. The number of hydrogen-bond donors (Lipinski definition) is 0. The van der Waals surface area contributed by atoms with Crippen LogP contribution in [0.4, 0.5) is 4.79 Å². The highest BCUT2D eigenvalue weighted by Crippen LogP contribution is 2.43. The third-order valence-electron chi connectivity index (χ3n) is 4.55. The van der Waals surface area contributed by atoms with E-state index in [9.17, 15) is 4.79 Å². The van der Waals surface area contributed by atoms with Gasteiger partial charge in [-0.15, -0.1) is 0 Å². The second-order valence-electron chi connectivity index (χ2n) is 6.11. The summed E-state index contributed by atoms with van der Waals surface area (Å²) >= 11 is 0. The first-order valence-electron chi connectivity index (χ1n) is 9.00. The van der Waals surface area contributed by atoms with E-state index in [-0.39, 0.29) is 8.81 Å². The molecule has 0 saturated carbocycles. The first-order chi connectivity index (χ1) is 13.3. The first-order valence-corrected chi connectivity index (χ1v) is 10.1. The van der Waals surface area contributed by atoms with E-state index in [1.807, 2.05) is 54.6 Å². The monoisotopic (exact) mass is 378 g/mol. The van der Waals surface area contributed by atoms with Gasteiger partial charge in [0.1, 0.15) is 0 Å². The fourth-order valence-corrected chi connectivity index (χ4v) is 4.40. The minimum Gasteiger partial charge on any atom is -0.434 e. The summed E-state index contributed by atoms with van der Waals surface area (Å²) in [5.74, 6) is 0. The van der Waals surface area contributed by atoms with Crippen molar-refractivity contribution in [2.75, 3.05) is 12.8 Å². The van der Waals surface area contributed by atoms with E-state index in [0.29, 0.717) is 12.8 Å². The topological polar surface area (TPSA) is 35.5 Å². The van der Waals surface area contributed by atoms with Gasteiger partial charge in [-0.2, -0.15) is 0 Å². The van der Waals surface area contributed by atoms with E-state index in [1.165, 1.54) is 16.7 Å². The van der Waals surface area contributed by atoms with Gasteiger partial charge in [-0.25, -0.2) is 4.79 Å². The minimum atomic E-state index is -0.612. The number of ether oxygens (including phenoxy) is 1. The van der Waals surface area contributed by atoms with Gasteiger partial charge in [0, 0.05) is 6.16 Å². The summed E-state index contributed by atoms with van der Waals surface area (Å²) in [4.78, 5) is 11.7. The molecular weight excluding hydrogens is 355 g/mol. The molecule has 0 bridgehead atoms. The van der Waals surface area contributed by atoms with Crippen LogP contribution in [0.15, 0.2) is 91.0 Å². The van der Waals surface area contributed by atoms with Crippen LogP contribution in [0.25, 0.3) is 0 Å². The normalized spacial score (nSPS) is 11.4. The number of benzene rings is 3. The molecule has 0 saturated heterocycles. The molecule has 3 nitrogen and oxygen atoms in total. The second-order valence-corrected chi connectivity index (χ2v) is 6.96. The molecule has 1 unspecified atom stereocenters. The molecule has 0 amide bonds. The Morgan fingerprint density at radius 1 is 0.778 bits per heavy atom. The molecule has 1 atom stereocenters. The van der Waals surface area contributed by atoms with Crippen molar-refractivity contribution in [2.45, 2.75) is 12.3 Å². The quantitative estimate of drug-likeness (QED) is 0.297. The molecule has 4 heteroatoms. The van der Waals surface area contributed by atoms with Gasteiger partial charge in [0.15, 0.2) is 0 Å². The van der Waals surface area contributed by atoms with Gasteiger partial charge < -0.3 is 9.26 Å². The van der Waals surface area contributed by atoms with Crippen LogP contribution in [0.5, 0.6) is 0 Å². The van der Waals surface area contributed by atoms with Crippen LogP contribution >= 0.6 is 8.81 Å². The number of rotatable bonds is 7. The van der Waals surface area contributed by atoms with Crippen molar-refractivity contribution in [3.63, 3.8) is 0 Å². The maximum absolute atomic E-state index is 11.7. The van der Waals surface area contributed by atoms with Gasteiger partial charge in [0.05, 0.1) is 20.8 Å². The zero-order valence-corrected chi connectivity index (χ0v) is 16.3. The van der Waals surface area contributed by atoms with Crippen LogP contribution in [0.3, 0.4) is 0 Å². The van der Waals surface area contributed by atoms with Crippen LogP contribution in [-0.2, 0) is 14.7 Å². The Morgan fingerprint density at radius 2 is 1.19 bits per heavy atom. The van der Waals surface area contributed by atoms with Gasteiger partial charge in [-0.1, -0.05) is 91.0 Å². The molecular formula is C23H23O3P. The summed E-state index contributed by atoms with van der Waals surface area (Å²) in [7, 11) is -0.0242. The Bertz CT molecular complexity index is 739. The molecule has 3 rings (SSSR count). The van der Waals surface area contributed by atoms with Crippen molar-refractivity contribution in [2.24, 2.45) is 0 Å². The molecule has 27 heavy (non-hydrogen) atoms. The molecule has 3 aromatic carbocycles. The van der Waals surface area contributed by atoms with E-state index < -0.39 is 11.6 Å². The molecule has 0 aliphatic rings. The number of carbonyl (C=O) groups excluding carboxylic acids is 1. The van der Waals surface area contributed by atoms with Crippen LogP contribution in [0.1, 0.15) is 23.6 Å². The third kappa shape index (κ3) is 4.37. The predicted molar refractivity (Wildman–Crippen MR) is 110 cm³/mol. The lowest BCUT2D eigenvalue weighted by atomic mass is 9.71. The first kappa shape index (κ1) is 19.1. The lowest BCUT2D eigenvalue weighted by Gasteiger charge is -2.35. The smallest absolute Gasteiger partial charge is 0.434 e. The lowest BCUT2D eigenvalue weighted by Crippen LogP contribution is -2.32. The van der Waals surface area contributed by atoms with Gasteiger partial charge in [0.2, 0.25) is 0 Å². The Kier molecular flexibility index (Phi) is 6.62. The molecule has 138 valence electrons. The molecule has 0 radical (unpaired) electrons. The largest absolute Gasteiger partial charge is 0.510 e. The van der Waals surface area contributed by atoms with Crippen molar-refractivity contribution in [1.82, 2.24) is 0 Å². The van der Waals surface area contributed by atoms with E-state index in [0.717, 1.165) is 0 Å². The lowest BCUT2D eigenvalue weighted by molar-refractivity contribution is 0.110. The highest BCUT2D eigenvalue weighted by Gasteiger charge is 2.36. The maximum Gasteiger partial charge on any atom is 0.510 e. The Hall–Kier alpha value is -2.64. The zero-order valence-electron chi connectivity index (χ0n) is 15.3. The summed E-state index contributed by atoms with van der Waals surface area (Å²) in [5.41, 5.74) is 3.10. The van der Waals surface area contributed by atoms with Crippen molar-refractivity contribution in [3.05, 3.63) is 108 Å². The molecule has 0 N–H and O–H groups in total.